The van der Waals surface area contributed by atoms with Crippen molar-refractivity contribution in [1.82, 2.24) is 4.57 Å². The van der Waals surface area contributed by atoms with Gasteiger partial charge < -0.3 is 24.1 Å². The Morgan fingerprint density at radius 1 is 1.19 bits per heavy atom. The molecule has 6 heteroatoms. The Hall–Kier alpha value is -3.15. The standard InChI is InChI=1S/C20H18N2O4/c1-21-14-9-13-11(8-17(14)24-2)5-6-22-15(13)7-12-3-4-16-19(26-10-25-16)18(12)20(22)23/h3-4,7-9,21H,5-6,10H2,1-2H3. The molecule has 0 amide bonds. The first-order chi connectivity index (χ1) is 12.7. The fourth-order valence-corrected chi connectivity index (χ4v) is 3.91. The number of ether oxygens (including phenoxy) is 3. The van der Waals surface area contributed by atoms with Crippen LogP contribution in [0.1, 0.15) is 5.56 Å². The number of benzene rings is 2. The topological polar surface area (TPSA) is 61.7 Å². The number of methoxy groups -OCH3 is 1. The van der Waals surface area contributed by atoms with Gasteiger partial charge in [0.1, 0.15) is 5.75 Å². The summed E-state index contributed by atoms with van der Waals surface area (Å²) in [6.45, 7) is 0.785. The van der Waals surface area contributed by atoms with Crippen LogP contribution in [0.4, 0.5) is 5.69 Å². The molecule has 0 spiro atoms. The van der Waals surface area contributed by atoms with Crippen molar-refractivity contribution in [2.45, 2.75) is 13.0 Å². The van der Waals surface area contributed by atoms with Gasteiger partial charge in [0.15, 0.2) is 11.5 Å². The van der Waals surface area contributed by atoms with E-state index in [1.807, 2.05) is 23.7 Å². The molecule has 2 aliphatic rings. The van der Waals surface area contributed by atoms with Gasteiger partial charge in [0.2, 0.25) is 6.79 Å². The highest BCUT2D eigenvalue weighted by Gasteiger charge is 2.25. The zero-order valence-electron chi connectivity index (χ0n) is 14.6. The SMILES string of the molecule is CNc1cc2c(cc1OC)CCn1c-2cc2ccc3c(c2c1=O)OCO3. The molecule has 0 unspecified atom stereocenters. The molecule has 5 rings (SSSR count). The number of aromatic nitrogens is 1. The average Bonchev–Trinajstić information content (AvgIpc) is 3.15. The van der Waals surface area contributed by atoms with Crippen LogP contribution in [0.3, 0.4) is 0 Å². The van der Waals surface area contributed by atoms with Crippen molar-refractivity contribution in [3.05, 3.63) is 46.2 Å². The minimum Gasteiger partial charge on any atom is -0.495 e. The van der Waals surface area contributed by atoms with Crippen molar-refractivity contribution in [2.24, 2.45) is 0 Å². The predicted molar refractivity (Wildman–Crippen MR) is 99.6 cm³/mol. The molecule has 1 aromatic heterocycles. The minimum absolute atomic E-state index is 0.0349. The lowest BCUT2D eigenvalue weighted by molar-refractivity contribution is 0.174. The number of rotatable bonds is 2. The largest absolute Gasteiger partial charge is 0.495 e. The van der Waals surface area contributed by atoms with Gasteiger partial charge in [-0.05, 0) is 41.6 Å². The summed E-state index contributed by atoms with van der Waals surface area (Å²) in [6, 6.07) is 9.94. The molecule has 0 aliphatic carbocycles. The van der Waals surface area contributed by atoms with Crippen LogP contribution in [0, 0.1) is 0 Å². The van der Waals surface area contributed by atoms with Gasteiger partial charge in [0.05, 0.1) is 23.9 Å². The molecule has 3 heterocycles. The molecule has 0 atom stereocenters. The molecule has 2 aliphatic heterocycles. The molecule has 2 aromatic carbocycles. The predicted octanol–water partition coefficient (Wildman–Crippen LogP) is 3.00. The minimum atomic E-state index is -0.0349. The second kappa shape index (κ2) is 5.42. The summed E-state index contributed by atoms with van der Waals surface area (Å²) in [4.78, 5) is 13.2. The van der Waals surface area contributed by atoms with E-state index in [0.29, 0.717) is 23.4 Å². The third kappa shape index (κ3) is 1.95. The van der Waals surface area contributed by atoms with E-state index in [0.717, 1.165) is 34.5 Å². The lowest BCUT2D eigenvalue weighted by Crippen LogP contribution is -2.26. The normalized spacial score (nSPS) is 14.1. The second-order valence-electron chi connectivity index (χ2n) is 6.46. The first-order valence-electron chi connectivity index (χ1n) is 8.56. The summed E-state index contributed by atoms with van der Waals surface area (Å²) in [7, 11) is 3.53. The Morgan fingerprint density at radius 2 is 2.08 bits per heavy atom. The van der Waals surface area contributed by atoms with Crippen molar-refractivity contribution in [2.75, 3.05) is 26.3 Å². The van der Waals surface area contributed by atoms with Crippen LogP contribution in [-0.4, -0.2) is 25.5 Å². The molecular weight excluding hydrogens is 332 g/mol. The van der Waals surface area contributed by atoms with Gasteiger partial charge in [0, 0.05) is 19.2 Å². The van der Waals surface area contributed by atoms with Crippen LogP contribution in [-0.2, 0) is 13.0 Å². The van der Waals surface area contributed by atoms with Gasteiger partial charge >= 0.3 is 0 Å². The zero-order valence-corrected chi connectivity index (χ0v) is 14.6. The maximum absolute atomic E-state index is 13.2. The van der Waals surface area contributed by atoms with E-state index in [1.54, 1.807) is 7.11 Å². The van der Waals surface area contributed by atoms with Crippen LogP contribution >= 0.6 is 0 Å². The van der Waals surface area contributed by atoms with Crippen LogP contribution < -0.4 is 25.1 Å². The molecule has 1 N–H and O–H groups in total. The highest BCUT2D eigenvalue weighted by atomic mass is 16.7. The molecule has 132 valence electrons. The highest BCUT2D eigenvalue weighted by molar-refractivity contribution is 5.93. The molecule has 3 aromatic rings. The Kier molecular flexibility index (Phi) is 3.16. The Balaban J connectivity index is 1.81. The van der Waals surface area contributed by atoms with E-state index in [2.05, 4.69) is 23.5 Å². The Morgan fingerprint density at radius 3 is 2.88 bits per heavy atom. The number of hydrogen-bond donors (Lipinski definition) is 1. The highest BCUT2D eigenvalue weighted by Crippen LogP contribution is 2.41. The van der Waals surface area contributed by atoms with Crippen molar-refractivity contribution in [3.63, 3.8) is 0 Å². The third-order valence-electron chi connectivity index (χ3n) is 5.19. The number of fused-ring (bicyclic) bond motifs is 6. The smallest absolute Gasteiger partial charge is 0.262 e. The fourth-order valence-electron chi connectivity index (χ4n) is 3.91. The maximum Gasteiger partial charge on any atom is 0.262 e. The van der Waals surface area contributed by atoms with Crippen molar-refractivity contribution >= 4 is 16.5 Å². The molecular formula is C20H18N2O4. The maximum atomic E-state index is 13.2. The molecule has 0 saturated carbocycles. The van der Waals surface area contributed by atoms with E-state index >= 15 is 0 Å². The van der Waals surface area contributed by atoms with E-state index in [1.165, 1.54) is 5.56 Å². The summed E-state index contributed by atoms with van der Waals surface area (Å²) in [6.07, 6.45) is 0.778. The summed E-state index contributed by atoms with van der Waals surface area (Å²) < 4.78 is 18.3. The number of nitrogens with zero attached hydrogens (tertiary/aromatic N) is 1. The Labute approximate surface area is 149 Å². The second-order valence-corrected chi connectivity index (χ2v) is 6.46. The number of anilines is 1. The lowest BCUT2D eigenvalue weighted by atomic mass is 9.94. The van der Waals surface area contributed by atoms with Crippen LogP contribution in [0.2, 0.25) is 0 Å². The zero-order chi connectivity index (χ0) is 17.8. The van der Waals surface area contributed by atoms with Crippen molar-refractivity contribution < 1.29 is 14.2 Å². The van der Waals surface area contributed by atoms with Gasteiger partial charge in [0.25, 0.3) is 5.56 Å². The summed E-state index contributed by atoms with van der Waals surface area (Å²) >= 11 is 0. The lowest BCUT2D eigenvalue weighted by Gasteiger charge is -2.24. The quantitative estimate of drug-likeness (QED) is 0.770. The van der Waals surface area contributed by atoms with Gasteiger partial charge in [-0.1, -0.05) is 6.07 Å². The van der Waals surface area contributed by atoms with Crippen molar-refractivity contribution in [1.29, 1.82) is 0 Å². The van der Waals surface area contributed by atoms with E-state index in [9.17, 15) is 4.79 Å². The number of pyridine rings is 1. The monoisotopic (exact) mass is 350 g/mol. The summed E-state index contributed by atoms with van der Waals surface area (Å²) in [5, 5.41) is 4.62. The van der Waals surface area contributed by atoms with Gasteiger partial charge in [-0.15, -0.1) is 0 Å². The molecule has 6 nitrogen and oxygen atoms in total. The number of nitrogens with one attached hydrogen (secondary N) is 1. The van der Waals surface area contributed by atoms with Gasteiger partial charge in [-0.2, -0.15) is 0 Å². The first kappa shape index (κ1) is 15.1. The number of aryl methyl sites for hydroxylation is 1. The van der Waals surface area contributed by atoms with E-state index in [-0.39, 0.29) is 12.4 Å². The number of hydrogen-bond acceptors (Lipinski definition) is 5. The molecule has 0 fully saturated rings. The molecule has 0 saturated heterocycles. The summed E-state index contributed by atoms with van der Waals surface area (Å²) in [5.41, 5.74) is 4.02. The first-order valence-corrected chi connectivity index (χ1v) is 8.56. The van der Waals surface area contributed by atoms with Gasteiger partial charge in [-0.3, -0.25) is 4.79 Å². The summed E-state index contributed by atoms with van der Waals surface area (Å²) in [5.74, 6) is 2.00. The average molecular weight is 350 g/mol. The van der Waals surface area contributed by atoms with Crippen LogP contribution in [0.15, 0.2) is 35.1 Å². The molecule has 26 heavy (non-hydrogen) atoms. The molecule has 0 radical (unpaired) electrons. The van der Waals surface area contributed by atoms with Crippen LogP contribution in [0.25, 0.3) is 22.0 Å². The third-order valence-corrected chi connectivity index (χ3v) is 5.19. The fraction of sp³-hybridized carbons (Fsp3) is 0.250. The van der Waals surface area contributed by atoms with Crippen LogP contribution in [0.5, 0.6) is 17.2 Å². The van der Waals surface area contributed by atoms with E-state index < -0.39 is 0 Å². The molecule has 0 bridgehead atoms. The van der Waals surface area contributed by atoms with E-state index in [4.69, 9.17) is 14.2 Å². The van der Waals surface area contributed by atoms with Crippen molar-refractivity contribution in [3.8, 4) is 28.5 Å². The van der Waals surface area contributed by atoms with Gasteiger partial charge in [-0.25, -0.2) is 0 Å². The Bertz CT molecular complexity index is 1120.